The molecule has 1 heteroatoms. The summed E-state index contributed by atoms with van der Waals surface area (Å²) >= 11 is 0. The van der Waals surface area contributed by atoms with Gasteiger partial charge in [-0.2, -0.15) is 0 Å². The van der Waals surface area contributed by atoms with Gasteiger partial charge in [0.1, 0.15) is 0 Å². The number of hydrogen-bond donors (Lipinski definition) is 0. The molecule has 0 amide bonds. The molecule has 2 aromatic carbocycles. The Morgan fingerprint density at radius 2 is 1.59 bits per heavy atom. The molecule has 0 atom stereocenters. The Morgan fingerprint density at radius 1 is 0.882 bits per heavy atom. The Kier molecular flexibility index (Phi) is 4.11. The van der Waals surface area contributed by atoms with Gasteiger partial charge < -0.3 is 4.74 Å². The molecule has 0 saturated heterocycles. The molecule has 0 N–H and O–H groups in total. The zero-order valence-corrected chi connectivity index (χ0v) is 9.97. The standard InChI is InChI=1S/C16H16O/c1-17-13-16-10-6-5-9-15(16)12-11-14-7-3-2-4-8-14/h2-12H,13H2,1H3. The summed E-state index contributed by atoms with van der Waals surface area (Å²) in [6.07, 6.45) is 4.25. The van der Waals surface area contributed by atoms with Crippen molar-refractivity contribution in [1.29, 1.82) is 0 Å². The average molecular weight is 224 g/mol. The molecule has 1 nitrogen and oxygen atoms in total. The van der Waals surface area contributed by atoms with E-state index in [-0.39, 0.29) is 0 Å². The lowest BCUT2D eigenvalue weighted by Crippen LogP contribution is -1.90. The van der Waals surface area contributed by atoms with Crippen molar-refractivity contribution in [2.75, 3.05) is 7.11 Å². The third-order valence-electron chi connectivity index (χ3n) is 2.61. The van der Waals surface area contributed by atoms with Crippen LogP contribution in [0.25, 0.3) is 12.2 Å². The first-order chi connectivity index (χ1) is 8.40. The monoisotopic (exact) mass is 224 g/mol. The summed E-state index contributed by atoms with van der Waals surface area (Å²) in [4.78, 5) is 0. The normalized spacial score (nSPS) is 10.9. The molecule has 2 rings (SSSR count). The molecule has 0 aliphatic rings. The molecule has 0 heterocycles. The van der Waals surface area contributed by atoms with Crippen molar-refractivity contribution in [2.24, 2.45) is 0 Å². The summed E-state index contributed by atoms with van der Waals surface area (Å²) in [7, 11) is 1.72. The summed E-state index contributed by atoms with van der Waals surface area (Å²) in [5.74, 6) is 0. The third-order valence-corrected chi connectivity index (χ3v) is 2.61. The van der Waals surface area contributed by atoms with Crippen molar-refractivity contribution >= 4 is 12.2 Å². The molecule has 0 aromatic heterocycles. The van der Waals surface area contributed by atoms with Gasteiger partial charge >= 0.3 is 0 Å². The van der Waals surface area contributed by atoms with Gasteiger partial charge in [0.25, 0.3) is 0 Å². The highest BCUT2D eigenvalue weighted by atomic mass is 16.5. The summed E-state index contributed by atoms with van der Waals surface area (Å²) < 4.78 is 5.19. The Hall–Kier alpha value is -1.86. The first-order valence-electron chi connectivity index (χ1n) is 5.70. The largest absolute Gasteiger partial charge is 0.380 e. The predicted octanol–water partition coefficient (Wildman–Crippen LogP) is 4.00. The minimum Gasteiger partial charge on any atom is -0.380 e. The van der Waals surface area contributed by atoms with Crippen molar-refractivity contribution in [1.82, 2.24) is 0 Å². The van der Waals surface area contributed by atoms with Crippen LogP contribution in [0.3, 0.4) is 0 Å². The van der Waals surface area contributed by atoms with E-state index in [1.54, 1.807) is 7.11 Å². The third kappa shape index (κ3) is 3.30. The molecule has 0 radical (unpaired) electrons. The topological polar surface area (TPSA) is 9.23 Å². The molecular formula is C16H16O. The van der Waals surface area contributed by atoms with Crippen LogP contribution in [0, 0.1) is 0 Å². The quantitative estimate of drug-likeness (QED) is 0.713. The van der Waals surface area contributed by atoms with Gasteiger partial charge in [-0.15, -0.1) is 0 Å². The molecule has 0 fully saturated rings. The number of rotatable bonds is 4. The lowest BCUT2D eigenvalue weighted by molar-refractivity contribution is 0.185. The Labute approximate surface area is 102 Å². The van der Waals surface area contributed by atoms with E-state index in [0.29, 0.717) is 6.61 Å². The van der Waals surface area contributed by atoms with Crippen LogP contribution in [0.15, 0.2) is 54.6 Å². The fourth-order valence-corrected chi connectivity index (χ4v) is 1.73. The van der Waals surface area contributed by atoms with Crippen molar-refractivity contribution in [3.05, 3.63) is 71.3 Å². The van der Waals surface area contributed by atoms with E-state index >= 15 is 0 Å². The van der Waals surface area contributed by atoms with Gasteiger partial charge in [-0.1, -0.05) is 66.7 Å². The Bertz CT molecular complexity index is 486. The van der Waals surface area contributed by atoms with E-state index < -0.39 is 0 Å². The van der Waals surface area contributed by atoms with Crippen LogP contribution in [0.1, 0.15) is 16.7 Å². The summed E-state index contributed by atoms with van der Waals surface area (Å²) in [6.45, 7) is 0.648. The van der Waals surface area contributed by atoms with Crippen LogP contribution in [-0.2, 0) is 11.3 Å². The summed E-state index contributed by atoms with van der Waals surface area (Å²) in [6, 6.07) is 18.6. The summed E-state index contributed by atoms with van der Waals surface area (Å²) in [5.41, 5.74) is 3.63. The lowest BCUT2D eigenvalue weighted by atomic mass is 10.1. The fourth-order valence-electron chi connectivity index (χ4n) is 1.73. The van der Waals surface area contributed by atoms with Crippen LogP contribution in [0.4, 0.5) is 0 Å². The maximum absolute atomic E-state index is 5.19. The first-order valence-corrected chi connectivity index (χ1v) is 5.70. The highest BCUT2D eigenvalue weighted by Crippen LogP contribution is 2.13. The van der Waals surface area contributed by atoms with E-state index in [0.717, 1.165) is 0 Å². The molecule has 86 valence electrons. The van der Waals surface area contributed by atoms with Crippen molar-refractivity contribution < 1.29 is 4.74 Å². The smallest absolute Gasteiger partial charge is 0.0718 e. The molecule has 0 unspecified atom stereocenters. The minimum absolute atomic E-state index is 0.648. The van der Waals surface area contributed by atoms with Crippen LogP contribution in [0.5, 0.6) is 0 Å². The van der Waals surface area contributed by atoms with Crippen molar-refractivity contribution in [2.45, 2.75) is 6.61 Å². The van der Waals surface area contributed by atoms with Crippen molar-refractivity contribution in [3.63, 3.8) is 0 Å². The van der Waals surface area contributed by atoms with Crippen LogP contribution in [0.2, 0.25) is 0 Å². The molecule has 17 heavy (non-hydrogen) atoms. The van der Waals surface area contributed by atoms with Crippen molar-refractivity contribution in [3.8, 4) is 0 Å². The van der Waals surface area contributed by atoms with E-state index in [2.05, 4.69) is 36.4 Å². The molecule has 2 aromatic rings. The highest BCUT2D eigenvalue weighted by molar-refractivity contribution is 5.70. The van der Waals surface area contributed by atoms with Gasteiger partial charge in [-0.05, 0) is 16.7 Å². The second-order valence-electron chi connectivity index (χ2n) is 3.88. The highest BCUT2D eigenvalue weighted by Gasteiger charge is 1.96. The van der Waals surface area contributed by atoms with Gasteiger partial charge in [0, 0.05) is 7.11 Å². The molecular weight excluding hydrogens is 208 g/mol. The Morgan fingerprint density at radius 3 is 2.35 bits per heavy atom. The van der Waals surface area contributed by atoms with Gasteiger partial charge in [-0.3, -0.25) is 0 Å². The second kappa shape index (κ2) is 6.02. The molecule has 0 aliphatic heterocycles. The minimum atomic E-state index is 0.648. The van der Waals surface area contributed by atoms with E-state index in [1.807, 2.05) is 30.3 Å². The van der Waals surface area contributed by atoms with Gasteiger partial charge in [0.05, 0.1) is 6.61 Å². The Balaban J connectivity index is 2.21. The maximum atomic E-state index is 5.19. The van der Waals surface area contributed by atoms with E-state index in [4.69, 9.17) is 4.74 Å². The number of ether oxygens (including phenoxy) is 1. The SMILES string of the molecule is COCc1ccccc1C=Cc1ccccc1. The molecule has 0 saturated carbocycles. The lowest BCUT2D eigenvalue weighted by Gasteiger charge is -2.04. The zero-order chi connectivity index (χ0) is 11.9. The fraction of sp³-hybridized carbons (Fsp3) is 0.125. The van der Waals surface area contributed by atoms with E-state index in [1.165, 1.54) is 16.7 Å². The number of benzene rings is 2. The van der Waals surface area contributed by atoms with E-state index in [9.17, 15) is 0 Å². The predicted molar refractivity (Wildman–Crippen MR) is 72.5 cm³/mol. The zero-order valence-electron chi connectivity index (χ0n) is 9.97. The van der Waals surface area contributed by atoms with Gasteiger partial charge in [-0.25, -0.2) is 0 Å². The number of hydrogen-bond acceptors (Lipinski definition) is 1. The average Bonchev–Trinajstić information content (AvgIpc) is 2.39. The second-order valence-corrected chi connectivity index (χ2v) is 3.88. The molecule has 0 spiro atoms. The van der Waals surface area contributed by atoms with Gasteiger partial charge in [0.2, 0.25) is 0 Å². The van der Waals surface area contributed by atoms with Crippen LogP contribution < -0.4 is 0 Å². The number of methoxy groups -OCH3 is 1. The van der Waals surface area contributed by atoms with Gasteiger partial charge in [0.15, 0.2) is 0 Å². The van der Waals surface area contributed by atoms with Crippen LogP contribution >= 0.6 is 0 Å². The van der Waals surface area contributed by atoms with Crippen LogP contribution in [-0.4, -0.2) is 7.11 Å². The summed E-state index contributed by atoms with van der Waals surface area (Å²) in [5, 5.41) is 0. The maximum Gasteiger partial charge on any atom is 0.0718 e. The molecule has 0 bridgehead atoms. The molecule has 0 aliphatic carbocycles. The first kappa shape index (κ1) is 11.6.